The maximum Gasteiger partial charge on any atom is 0.220 e. The van der Waals surface area contributed by atoms with Gasteiger partial charge in [-0.05, 0) is 17.5 Å². The minimum atomic E-state index is 0.0392. The molecular weight excluding hydrogens is 308 g/mol. The van der Waals surface area contributed by atoms with E-state index in [-0.39, 0.29) is 11.9 Å². The summed E-state index contributed by atoms with van der Waals surface area (Å²) in [5.74, 6) is 0.971. The molecule has 0 N–H and O–H groups in total. The fourth-order valence-corrected chi connectivity index (χ4v) is 3.94. The average molecular weight is 330 g/mol. The van der Waals surface area contributed by atoms with Gasteiger partial charge in [-0.1, -0.05) is 24.3 Å². The Hall–Kier alpha value is -1.85. The summed E-state index contributed by atoms with van der Waals surface area (Å²) in [6.45, 7) is 5.08. The molecule has 0 spiro atoms. The molecule has 1 atom stereocenters. The van der Waals surface area contributed by atoms with Crippen LogP contribution in [0.2, 0.25) is 0 Å². The zero-order valence-corrected chi connectivity index (χ0v) is 14.4. The lowest BCUT2D eigenvalue weighted by atomic mass is 10.0. The Balaban J connectivity index is 1.84. The standard InChI is InChI=1S/C18H22N2O2S/c1-14(21)20-10-9-19(12-15-6-5-11-23-15)13-17(20)16-7-3-4-8-18(16)22-2/h3-8,11,17H,9-10,12-13H2,1-2H3. The Morgan fingerprint density at radius 1 is 1.26 bits per heavy atom. The number of hydrogen-bond acceptors (Lipinski definition) is 4. The molecule has 0 bridgehead atoms. The summed E-state index contributed by atoms with van der Waals surface area (Å²) < 4.78 is 5.51. The zero-order chi connectivity index (χ0) is 16.2. The number of para-hydroxylation sites is 1. The molecule has 2 heterocycles. The molecule has 23 heavy (non-hydrogen) atoms. The van der Waals surface area contributed by atoms with Gasteiger partial charge in [0, 0.05) is 43.5 Å². The van der Waals surface area contributed by atoms with Crippen LogP contribution in [-0.4, -0.2) is 42.5 Å². The van der Waals surface area contributed by atoms with E-state index in [0.717, 1.165) is 37.5 Å². The maximum absolute atomic E-state index is 12.1. The van der Waals surface area contributed by atoms with Crippen molar-refractivity contribution in [3.8, 4) is 5.75 Å². The topological polar surface area (TPSA) is 32.8 Å². The van der Waals surface area contributed by atoms with Crippen molar-refractivity contribution in [1.29, 1.82) is 0 Å². The first-order valence-electron chi connectivity index (χ1n) is 7.84. The highest BCUT2D eigenvalue weighted by Crippen LogP contribution is 2.32. The van der Waals surface area contributed by atoms with Crippen LogP contribution in [0.3, 0.4) is 0 Å². The van der Waals surface area contributed by atoms with E-state index >= 15 is 0 Å². The predicted octanol–water partition coefficient (Wildman–Crippen LogP) is 3.16. The average Bonchev–Trinajstić information content (AvgIpc) is 3.07. The monoisotopic (exact) mass is 330 g/mol. The highest BCUT2D eigenvalue weighted by molar-refractivity contribution is 7.09. The lowest BCUT2D eigenvalue weighted by molar-refractivity contribution is -0.134. The molecule has 1 aliphatic rings. The van der Waals surface area contributed by atoms with Crippen LogP contribution < -0.4 is 4.74 Å². The van der Waals surface area contributed by atoms with Crippen LogP contribution in [0.25, 0.3) is 0 Å². The number of carbonyl (C=O) groups is 1. The van der Waals surface area contributed by atoms with Crippen molar-refractivity contribution < 1.29 is 9.53 Å². The summed E-state index contributed by atoms with van der Waals surface area (Å²) in [5.41, 5.74) is 1.08. The Kier molecular flexibility index (Phi) is 4.98. The molecule has 1 amide bonds. The van der Waals surface area contributed by atoms with Crippen LogP contribution in [0.15, 0.2) is 41.8 Å². The third-order valence-corrected chi connectivity index (χ3v) is 5.19. The van der Waals surface area contributed by atoms with E-state index in [4.69, 9.17) is 4.74 Å². The number of hydrogen-bond donors (Lipinski definition) is 0. The molecule has 5 heteroatoms. The van der Waals surface area contributed by atoms with Crippen molar-refractivity contribution in [2.75, 3.05) is 26.7 Å². The molecule has 2 aromatic rings. The number of piperazine rings is 1. The first-order chi connectivity index (χ1) is 11.2. The van der Waals surface area contributed by atoms with E-state index in [0.29, 0.717) is 0 Å². The van der Waals surface area contributed by atoms with Crippen LogP contribution in [0.4, 0.5) is 0 Å². The van der Waals surface area contributed by atoms with Crippen molar-refractivity contribution in [3.63, 3.8) is 0 Å². The number of methoxy groups -OCH3 is 1. The number of carbonyl (C=O) groups excluding carboxylic acids is 1. The first kappa shape index (κ1) is 16.0. The normalized spacial score (nSPS) is 18.9. The van der Waals surface area contributed by atoms with E-state index in [9.17, 15) is 4.79 Å². The van der Waals surface area contributed by atoms with Crippen molar-refractivity contribution in [2.45, 2.75) is 19.5 Å². The number of ether oxygens (including phenoxy) is 1. The molecule has 1 aromatic carbocycles. The molecule has 0 radical (unpaired) electrons. The molecule has 1 aromatic heterocycles. The molecule has 1 aliphatic heterocycles. The van der Waals surface area contributed by atoms with Crippen molar-refractivity contribution in [1.82, 2.24) is 9.80 Å². The summed E-state index contributed by atoms with van der Waals surface area (Å²) in [5, 5.41) is 2.11. The molecule has 0 saturated carbocycles. The Bertz CT molecular complexity index is 657. The Morgan fingerprint density at radius 2 is 2.09 bits per heavy atom. The number of nitrogens with zero attached hydrogens (tertiary/aromatic N) is 2. The molecule has 3 rings (SSSR count). The number of rotatable bonds is 4. The van der Waals surface area contributed by atoms with E-state index in [1.807, 2.05) is 23.1 Å². The third-order valence-electron chi connectivity index (χ3n) is 4.33. The Morgan fingerprint density at radius 3 is 2.78 bits per heavy atom. The Labute approximate surface area is 141 Å². The predicted molar refractivity (Wildman–Crippen MR) is 92.7 cm³/mol. The summed E-state index contributed by atoms with van der Waals surface area (Å²) in [7, 11) is 1.68. The second kappa shape index (κ2) is 7.15. The zero-order valence-electron chi connectivity index (χ0n) is 13.6. The van der Waals surface area contributed by atoms with Crippen LogP contribution >= 0.6 is 11.3 Å². The fourth-order valence-electron chi connectivity index (χ4n) is 3.19. The number of benzene rings is 1. The lowest BCUT2D eigenvalue weighted by Gasteiger charge is -2.41. The second-order valence-corrected chi connectivity index (χ2v) is 6.82. The lowest BCUT2D eigenvalue weighted by Crippen LogP contribution is -2.49. The molecular formula is C18H22N2O2S. The molecule has 0 aliphatic carbocycles. The van der Waals surface area contributed by atoms with Gasteiger partial charge in [0.2, 0.25) is 5.91 Å². The van der Waals surface area contributed by atoms with E-state index in [1.54, 1.807) is 25.4 Å². The minimum Gasteiger partial charge on any atom is -0.496 e. The third kappa shape index (κ3) is 3.57. The van der Waals surface area contributed by atoms with Gasteiger partial charge in [-0.25, -0.2) is 0 Å². The molecule has 1 saturated heterocycles. The summed E-state index contributed by atoms with van der Waals surface area (Å²) in [6.07, 6.45) is 0. The van der Waals surface area contributed by atoms with Crippen molar-refractivity contribution >= 4 is 17.2 Å². The van der Waals surface area contributed by atoms with Gasteiger partial charge in [-0.15, -0.1) is 11.3 Å². The molecule has 122 valence electrons. The van der Waals surface area contributed by atoms with Crippen LogP contribution in [-0.2, 0) is 11.3 Å². The molecule has 4 nitrogen and oxygen atoms in total. The van der Waals surface area contributed by atoms with Crippen molar-refractivity contribution in [3.05, 3.63) is 52.2 Å². The quantitative estimate of drug-likeness (QED) is 0.863. The maximum atomic E-state index is 12.1. The highest BCUT2D eigenvalue weighted by Gasteiger charge is 2.31. The summed E-state index contributed by atoms with van der Waals surface area (Å²) in [4.78, 5) is 17.8. The summed E-state index contributed by atoms with van der Waals surface area (Å²) in [6, 6.07) is 12.3. The van der Waals surface area contributed by atoms with E-state index in [2.05, 4.69) is 28.5 Å². The molecule has 1 unspecified atom stereocenters. The SMILES string of the molecule is COc1ccccc1C1CN(Cc2cccs2)CCN1C(C)=O. The highest BCUT2D eigenvalue weighted by atomic mass is 32.1. The van der Waals surface area contributed by atoms with E-state index in [1.165, 1.54) is 4.88 Å². The van der Waals surface area contributed by atoms with Crippen LogP contribution in [0, 0.1) is 0 Å². The van der Waals surface area contributed by atoms with Gasteiger partial charge in [-0.3, -0.25) is 9.69 Å². The van der Waals surface area contributed by atoms with Gasteiger partial charge in [0.25, 0.3) is 0 Å². The second-order valence-electron chi connectivity index (χ2n) is 5.78. The summed E-state index contributed by atoms with van der Waals surface area (Å²) >= 11 is 1.78. The van der Waals surface area contributed by atoms with E-state index < -0.39 is 0 Å². The van der Waals surface area contributed by atoms with Gasteiger partial charge in [0.1, 0.15) is 5.75 Å². The first-order valence-corrected chi connectivity index (χ1v) is 8.72. The van der Waals surface area contributed by atoms with Crippen molar-refractivity contribution in [2.24, 2.45) is 0 Å². The number of thiophene rings is 1. The van der Waals surface area contributed by atoms with Crippen LogP contribution in [0.1, 0.15) is 23.4 Å². The van der Waals surface area contributed by atoms with Gasteiger partial charge in [0.15, 0.2) is 0 Å². The number of amides is 1. The van der Waals surface area contributed by atoms with Gasteiger partial charge in [-0.2, -0.15) is 0 Å². The van der Waals surface area contributed by atoms with Crippen LogP contribution in [0.5, 0.6) is 5.75 Å². The van der Waals surface area contributed by atoms with Gasteiger partial charge < -0.3 is 9.64 Å². The van der Waals surface area contributed by atoms with Gasteiger partial charge in [0.05, 0.1) is 13.2 Å². The minimum absolute atomic E-state index is 0.0392. The smallest absolute Gasteiger partial charge is 0.220 e. The fraction of sp³-hybridized carbons (Fsp3) is 0.389. The largest absolute Gasteiger partial charge is 0.496 e. The molecule has 1 fully saturated rings. The van der Waals surface area contributed by atoms with Gasteiger partial charge >= 0.3 is 0 Å².